The molecule has 0 saturated carbocycles. The number of nitrogens with zero attached hydrogens (tertiary/aromatic N) is 1. The first kappa shape index (κ1) is 9.55. The zero-order valence-corrected chi connectivity index (χ0v) is 8.48. The van der Waals surface area contributed by atoms with Gasteiger partial charge in [0.25, 0.3) is 0 Å². The Balaban J connectivity index is 3.02. The van der Waals surface area contributed by atoms with Gasteiger partial charge in [-0.05, 0) is 31.2 Å². The minimum absolute atomic E-state index is 0.0760. The maximum atomic E-state index is 5.73. The first-order valence-corrected chi connectivity index (χ1v) is 5.13. The molecular weight excluding hydrogens is 168 g/mol. The average Bonchev–Trinajstić information content (AvgIpc) is 2.04. The van der Waals surface area contributed by atoms with E-state index in [0.717, 1.165) is 10.6 Å². The number of pyridine rings is 1. The maximum Gasteiger partial charge on any atom is 0.0986 e. The molecule has 1 rings (SSSR count). The van der Waals surface area contributed by atoms with Gasteiger partial charge in [0, 0.05) is 12.2 Å². The second-order valence-electron chi connectivity index (χ2n) is 2.88. The second kappa shape index (κ2) is 3.92. The fourth-order valence-corrected chi connectivity index (χ4v) is 1.59. The minimum Gasteiger partial charge on any atom is -0.324 e. The number of aryl methyl sites for hydroxylation is 1. The van der Waals surface area contributed by atoms with Crippen molar-refractivity contribution >= 4 is 11.8 Å². The third-order valence-corrected chi connectivity index (χ3v) is 2.58. The summed E-state index contributed by atoms with van der Waals surface area (Å²) in [5, 5.41) is 1.08. The van der Waals surface area contributed by atoms with E-state index in [1.165, 1.54) is 5.56 Å². The van der Waals surface area contributed by atoms with E-state index in [-0.39, 0.29) is 6.04 Å². The van der Waals surface area contributed by atoms with Crippen molar-refractivity contribution in [3.63, 3.8) is 0 Å². The van der Waals surface area contributed by atoms with Crippen molar-refractivity contribution in [3.8, 4) is 0 Å². The Morgan fingerprint density at radius 2 is 2.25 bits per heavy atom. The van der Waals surface area contributed by atoms with Crippen LogP contribution in [0.25, 0.3) is 0 Å². The van der Waals surface area contributed by atoms with Gasteiger partial charge in [-0.3, -0.25) is 0 Å². The summed E-state index contributed by atoms with van der Waals surface area (Å²) in [6, 6.07) is 2.18. The van der Waals surface area contributed by atoms with Crippen molar-refractivity contribution in [3.05, 3.63) is 23.4 Å². The maximum absolute atomic E-state index is 5.73. The molecule has 0 spiro atoms. The largest absolute Gasteiger partial charge is 0.324 e. The highest BCUT2D eigenvalue weighted by molar-refractivity contribution is 7.98. The highest BCUT2D eigenvalue weighted by Crippen LogP contribution is 2.19. The molecule has 0 aliphatic carbocycles. The fraction of sp³-hybridized carbons (Fsp3) is 0.444. The molecule has 0 amide bonds. The van der Waals surface area contributed by atoms with Crippen molar-refractivity contribution in [1.82, 2.24) is 4.98 Å². The molecule has 1 aromatic heterocycles. The Morgan fingerprint density at radius 1 is 1.58 bits per heavy atom. The molecule has 1 atom stereocenters. The lowest BCUT2D eigenvalue weighted by Crippen LogP contribution is -2.05. The van der Waals surface area contributed by atoms with Gasteiger partial charge >= 0.3 is 0 Å². The summed E-state index contributed by atoms with van der Waals surface area (Å²) in [5.74, 6) is 0. The van der Waals surface area contributed by atoms with Crippen LogP contribution < -0.4 is 5.73 Å². The number of nitrogens with two attached hydrogens (primary N) is 1. The summed E-state index contributed by atoms with van der Waals surface area (Å²) in [6.45, 7) is 4.03. The van der Waals surface area contributed by atoms with Gasteiger partial charge in [-0.2, -0.15) is 0 Å². The predicted molar refractivity (Wildman–Crippen MR) is 53.4 cm³/mol. The Labute approximate surface area is 77.6 Å². The van der Waals surface area contributed by atoms with Gasteiger partial charge < -0.3 is 5.73 Å². The molecule has 0 aromatic carbocycles. The predicted octanol–water partition coefficient (Wildman–Crippen LogP) is 2.13. The van der Waals surface area contributed by atoms with Crippen LogP contribution in [0.1, 0.15) is 24.1 Å². The second-order valence-corrected chi connectivity index (χ2v) is 3.68. The normalized spacial score (nSPS) is 13.0. The van der Waals surface area contributed by atoms with E-state index in [9.17, 15) is 0 Å². The summed E-state index contributed by atoms with van der Waals surface area (Å²) < 4.78 is 0. The minimum atomic E-state index is 0.0760. The zero-order valence-electron chi connectivity index (χ0n) is 7.66. The molecule has 1 heterocycles. The van der Waals surface area contributed by atoms with E-state index in [4.69, 9.17) is 5.73 Å². The van der Waals surface area contributed by atoms with E-state index in [2.05, 4.69) is 18.0 Å². The molecule has 66 valence electrons. The van der Waals surface area contributed by atoms with Crippen LogP contribution >= 0.6 is 11.8 Å². The molecule has 0 radical (unpaired) electrons. The molecule has 0 aliphatic heterocycles. The van der Waals surface area contributed by atoms with Crippen LogP contribution in [0.3, 0.4) is 0 Å². The van der Waals surface area contributed by atoms with Gasteiger partial charge in [-0.1, -0.05) is 6.07 Å². The third-order valence-electron chi connectivity index (χ3n) is 1.77. The lowest BCUT2D eigenvalue weighted by atomic mass is 10.1. The molecule has 2 nitrogen and oxygen atoms in total. The first-order valence-electron chi connectivity index (χ1n) is 3.91. The summed E-state index contributed by atoms with van der Waals surface area (Å²) in [5.41, 5.74) is 8.04. The number of hydrogen-bond acceptors (Lipinski definition) is 3. The lowest BCUT2D eigenvalue weighted by Gasteiger charge is -2.07. The van der Waals surface area contributed by atoms with Crippen LogP contribution in [0.2, 0.25) is 0 Å². The lowest BCUT2D eigenvalue weighted by molar-refractivity contribution is 0.802. The molecule has 3 heteroatoms. The van der Waals surface area contributed by atoms with Gasteiger partial charge in [-0.25, -0.2) is 4.98 Å². The average molecular weight is 182 g/mol. The first-order chi connectivity index (χ1) is 5.65. The van der Waals surface area contributed by atoms with Crippen molar-refractivity contribution in [2.45, 2.75) is 24.9 Å². The van der Waals surface area contributed by atoms with Crippen molar-refractivity contribution < 1.29 is 0 Å². The van der Waals surface area contributed by atoms with E-state index >= 15 is 0 Å². The number of rotatable bonds is 2. The molecule has 1 aromatic rings. The summed E-state index contributed by atoms with van der Waals surface area (Å²) >= 11 is 1.66. The van der Waals surface area contributed by atoms with Gasteiger partial charge in [-0.15, -0.1) is 11.8 Å². The molecule has 2 N–H and O–H groups in total. The topological polar surface area (TPSA) is 38.9 Å². The Morgan fingerprint density at radius 3 is 2.67 bits per heavy atom. The van der Waals surface area contributed by atoms with Crippen LogP contribution in [-0.2, 0) is 0 Å². The highest BCUT2D eigenvalue weighted by Gasteiger charge is 2.03. The van der Waals surface area contributed by atoms with Crippen LogP contribution in [0.5, 0.6) is 0 Å². The Bertz CT molecular complexity index is 271. The van der Waals surface area contributed by atoms with Gasteiger partial charge in [0.05, 0.1) is 5.03 Å². The smallest absolute Gasteiger partial charge is 0.0986 e. The highest BCUT2D eigenvalue weighted by atomic mass is 32.2. The fourth-order valence-electron chi connectivity index (χ4n) is 1.05. The molecule has 0 bridgehead atoms. The van der Waals surface area contributed by atoms with E-state index in [1.807, 2.05) is 19.4 Å². The summed E-state index contributed by atoms with van der Waals surface area (Å²) in [6.07, 6.45) is 3.88. The molecule has 0 fully saturated rings. The SMILES string of the molecule is CSc1ncc([C@H](C)N)cc1C. The molecule has 0 unspecified atom stereocenters. The van der Waals surface area contributed by atoms with Crippen LogP contribution in [-0.4, -0.2) is 11.2 Å². The zero-order chi connectivity index (χ0) is 9.14. The number of hydrogen-bond donors (Lipinski definition) is 1. The molecular formula is C9H14N2S. The Hall–Kier alpha value is -0.540. The standard InChI is InChI=1S/C9H14N2S/c1-6-4-8(7(2)10)5-11-9(6)12-3/h4-5,7H,10H2,1-3H3/t7-/m0/s1. The number of thioether (sulfide) groups is 1. The quantitative estimate of drug-likeness (QED) is 0.712. The van der Waals surface area contributed by atoms with Gasteiger partial charge in [0.15, 0.2) is 0 Å². The van der Waals surface area contributed by atoms with Crippen LogP contribution in [0.4, 0.5) is 0 Å². The van der Waals surface area contributed by atoms with Crippen molar-refractivity contribution in [1.29, 1.82) is 0 Å². The van der Waals surface area contributed by atoms with Crippen LogP contribution in [0, 0.1) is 6.92 Å². The summed E-state index contributed by atoms with van der Waals surface area (Å²) in [4.78, 5) is 4.30. The van der Waals surface area contributed by atoms with Crippen molar-refractivity contribution in [2.75, 3.05) is 6.26 Å². The van der Waals surface area contributed by atoms with Crippen LogP contribution in [0.15, 0.2) is 17.3 Å². The summed E-state index contributed by atoms with van der Waals surface area (Å²) in [7, 11) is 0. The monoisotopic (exact) mass is 182 g/mol. The molecule has 0 saturated heterocycles. The van der Waals surface area contributed by atoms with Gasteiger partial charge in [0.2, 0.25) is 0 Å². The number of aromatic nitrogens is 1. The third kappa shape index (κ3) is 1.99. The Kier molecular flexibility index (Phi) is 3.12. The van der Waals surface area contributed by atoms with E-state index in [1.54, 1.807) is 11.8 Å². The van der Waals surface area contributed by atoms with Gasteiger partial charge in [0.1, 0.15) is 0 Å². The van der Waals surface area contributed by atoms with E-state index in [0.29, 0.717) is 0 Å². The molecule has 0 aliphatic rings. The van der Waals surface area contributed by atoms with E-state index < -0.39 is 0 Å². The molecule has 12 heavy (non-hydrogen) atoms. The van der Waals surface area contributed by atoms with Crippen molar-refractivity contribution in [2.24, 2.45) is 5.73 Å².